The summed E-state index contributed by atoms with van der Waals surface area (Å²) in [5, 5.41) is 0. The molecule has 0 aromatic heterocycles. The predicted molar refractivity (Wildman–Crippen MR) is 58.3 cm³/mol. The first-order chi connectivity index (χ1) is 7.16. The molecule has 2 heteroatoms. The lowest BCUT2D eigenvalue weighted by Gasteiger charge is -2.36. The molecule has 0 heterocycles. The van der Waals surface area contributed by atoms with Crippen LogP contribution in [0.1, 0.15) is 51.9 Å². The van der Waals surface area contributed by atoms with Crippen molar-refractivity contribution in [3.63, 3.8) is 0 Å². The summed E-state index contributed by atoms with van der Waals surface area (Å²) in [5.74, 6) is 2.01. The second-order valence-electron chi connectivity index (χ2n) is 5.63. The zero-order valence-electron chi connectivity index (χ0n) is 9.59. The van der Waals surface area contributed by atoms with Crippen molar-refractivity contribution in [2.45, 2.75) is 64.2 Å². The minimum Gasteiger partial charge on any atom is -0.244 e. The SMILES string of the molecule is CC1CCC(C2CCC(F)C(F)C2)CC1. The minimum absolute atomic E-state index is 0.456. The first-order valence-corrected chi connectivity index (χ1v) is 6.45. The molecule has 2 aliphatic rings. The van der Waals surface area contributed by atoms with Crippen LogP contribution in [0.3, 0.4) is 0 Å². The van der Waals surface area contributed by atoms with E-state index in [-0.39, 0.29) is 0 Å². The lowest BCUT2D eigenvalue weighted by Crippen LogP contribution is -2.32. The molecule has 88 valence electrons. The van der Waals surface area contributed by atoms with E-state index < -0.39 is 12.3 Å². The third kappa shape index (κ3) is 2.70. The second kappa shape index (κ2) is 4.80. The van der Waals surface area contributed by atoms with Gasteiger partial charge in [-0.25, -0.2) is 8.78 Å². The highest BCUT2D eigenvalue weighted by atomic mass is 19.2. The fraction of sp³-hybridized carbons (Fsp3) is 1.00. The Kier molecular flexibility index (Phi) is 3.63. The highest BCUT2D eigenvalue weighted by Gasteiger charge is 2.35. The van der Waals surface area contributed by atoms with Gasteiger partial charge in [0, 0.05) is 0 Å². The van der Waals surface area contributed by atoms with Crippen LogP contribution in [-0.2, 0) is 0 Å². The smallest absolute Gasteiger partial charge is 0.131 e. The number of hydrogen-bond acceptors (Lipinski definition) is 0. The van der Waals surface area contributed by atoms with E-state index in [1.165, 1.54) is 25.7 Å². The fourth-order valence-corrected chi connectivity index (χ4v) is 3.29. The summed E-state index contributed by atoms with van der Waals surface area (Å²) < 4.78 is 26.3. The van der Waals surface area contributed by atoms with Crippen LogP contribution in [0.4, 0.5) is 8.78 Å². The van der Waals surface area contributed by atoms with Crippen LogP contribution < -0.4 is 0 Å². The van der Waals surface area contributed by atoms with Crippen LogP contribution in [0.15, 0.2) is 0 Å². The van der Waals surface area contributed by atoms with Gasteiger partial charge in [-0.3, -0.25) is 0 Å². The lowest BCUT2D eigenvalue weighted by molar-refractivity contribution is 0.0558. The van der Waals surface area contributed by atoms with Gasteiger partial charge >= 0.3 is 0 Å². The maximum absolute atomic E-state index is 13.3. The minimum atomic E-state index is -1.18. The van der Waals surface area contributed by atoms with Crippen LogP contribution in [0, 0.1) is 17.8 Å². The molecule has 0 saturated heterocycles. The van der Waals surface area contributed by atoms with E-state index in [4.69, 9.17) is 0 Å². The Morgan fingerprint density at radius 3 is 1.93 bits per heavy atom. The number of alkyl halides is 2. The van der Waals surface area contributed by atoms with Crippen molar-refractivity contribution in [1.29, 1.82) is 0 Å². The molecule has 2 rings (SSSR count). The van der Waals surface area contributed by atoms with E-state index in [0.717, 1.165) is 12.3 Å². The van der Waals surface area contributed by atoms with Gasteiger partial charge in [-0.05, 0) is 49.9 Å². The van der Waals surface area contributed by atoms with Gasteiger partial charge in [0.1, 0.15) is 12.3 Å². The molecule has 2 aliphatic carbocycles. The van der Waals surface area contributed by atoms with Crippen LogP contribution in [0.25, 0.3) is 0 Å². The molecule has 0 aliphatic heterocycles. The van der Waals surface area contributed by atoms with Crippen molar-refractivity contribution in [3.8, 4) is 0 Å². The van der Waals surface area contributed by atoms with Crippen LogP contribution in [0.2, 0.25) is 0 Å². The molecule has 2 fully saturated rings. The molecule has 0 spiro atoms. The van der Waals surface area contributed by atoms with E-state index in [1.807, 2.05) is 0 Å². The van der Waals surface area contributed by atoms with Crippen molar-refractivity contribution in [1.82, 2.24) is 0 Å². The predicted octanol–water partition coefficient (Wildman–Crippen LogP) is 4.29. The second-order valence-corrected chi connectivity index (χ2v) is 5.63. The summed E-state index contributed by atoms with van der Waals surface area (Å²) in [6, 6.07) is 0. The fourth-order valence-electron chi connectivity index (χ4n) is 3.29. The zero-order valence-corrected chi connectivity index (χ0v) is 9.59. The number of hydrogen-bond donors (Lipinski definition) is 0. The maximum atomic E-state index is 13.3. The molecule has 3 unspecified atom stereocenters. The highest BCUT2D eigenvalue weighted by molar-refractivity contribution is 4.85. The molecule has 0 nitrogen and oxygen atoms in total. The van der Waals surface area contributed by atoms with Gasteiger partial charge in [0.2, 0.25) is 0 Å². The van der Waals surface area contributed by atoms with Crippen molar-refractivity contribution in [3.05, 3.63) is 0 Å². The Morgan fingerprint density at radius 2 is 1.33 bits per heavy atom. The van der Waals surface area contributed by atoms with Crippen LogP contribution in [-0.4, -0.2) is 12.3 Å². The monoisotopic (exact) mass is 216 g/mol. The van der Waals surface area contributed by atoms with Crippen LogP contribution in [0.5, 0.6) is 0 Å². The van der Waals surface area contributed by atoms with E-state index in [2.05, 4.69) is 6.92 Å². The zero-order chi connectivity index (χ0) is 10.8. The van der Waals surface area contributed by atoms with Gasteiger partial charge < -0.3 is 0 Å². The molecular weight excluding hydrogens is 194 g/mol. The average Bonchev–Trinajstić information content (AvgIpc) is 2.23. The molecule has 0 aromatic rings. The molecule has 2 saturated carbocycles. The van der Waals surface area contributed by atoms with Gasteiger partial charge in [-0.15, -0.1) is 0 Å². The van der Waals surface area contributed by atoms with E-state index in [9.17, 15) is 8.78 Å². The van der Waals surface area contributed by atoms with Crippen LogP contribution >= 0.6 is 0 Å². The molecule has 0 bridgehead atoms. The van der Waals surface area contributed by atoms with Crippen molar-refractivity contribution in [2.24, 2.45) is 17.8 Å². The molecule has 0 radical (unpaired) electrons. The Morgan fingerprint density at radius 1 is 0.733 bits per heavy atom. The van der Waals surface area contributed by atoms with Gasteiger partial charge in [0.25, 0.3) is 0 Å². The van der Waals surface area contributed by atoms with E-state index >= 15 is 0 Å². The third-order valence-electron chi connectivity index (χ3n) is 4.46. The normalized spacial score (nSPS) is 47.8. The molecular formula is C13H22F2. The molecule has 0 amide bonds. The van der Waals surface area contributed by atoms with Crippen molar-refractivity contribution in [2.75, 3.05) is 0 Å². The summed E-state index contributed by atoms with van der Waals surface area (Å²) in [5.41, 5.74) is 0. The first kappa shape index (κ1) is 11.3. The summed E-state index contributed by atoms with van der Waals surface area (Å²) >= 11 is 0. The van der Waals surface area contributed by atoms with Crippen molar-refractivity contribution < 1.29 is 8.78 Å². The quantitative estimate of drug-likeness (QED) is 0.613. The van der Waals surface area contributed by atoms with Gasteiger partial charge in [-0.1, -0.05) is 19.8 Å². The Balaban J connectivity index is 1.84. The summed E-state index contributed by atoms with van der Waals surface area (Å²) in [6.07, 6.45) is 4.57. The molecule has 0 N–H and O–H groups in total. The van der Waals surface area contributed by atoms with Gasteiger partial charge in [0.05, 0.1) is 0 Å². The average molecular weight is 216 g/mol. The molecule has 3 atom stereocenters. The first-order valence-electron chi connectivity index (χ1n) is 6.45. The molecule has 0 aromatic carbocycles. The highest BCUT2D eigenvalue weighted by Crippen LogP contribution is 2.41. The lowest BCUT2D eigenvalue weighted by atomic mass is 9.71. The van der Waals surface area contributed by atoms with Gasteiger partial charge in [0.15, 0.2) is 0 Å². The third-order valence-corrected chi connectivity index (χ3v) is 4.46. The topological polar surface area (TPSA) is 0 Å². The largest absolute Gasteiger partial charge is 0.244 e. The number of rotatable bonds is 1. The van der Waals surface area contributed by atoms with E-state index in [1.54, 1.807) is 0 Å². The van der Waals surface area contributed by atoms with Crippen molar-refractivity contribution >= 4 is 0 Å². The standard InChI is InChI=1S/C13H22F2/c1-9-2-4-10(5-3-9)11-6-7-12(14)13(15)8-11/h9-13H,2-8H2,1H3. The Bertz CT molecular complexity index is 197. The summed E-state index contributed by atoms with van der Waals surface area (Å²) in [7, 11) is 0. The summed E-state index contributed by atoms with van der Waals surface area (Å²) in [6.45, 7) is 2.30. The van der Waals surface area contributed by atoms with E-state index in [0.29, 0.717) is 24.7 Å². The number of halogens is 2. The maximum Gasteiger partial charge on any atom is 0.131 e. The Hall–Kier alpha value is -0.140. The Labute approximate surface area is 91.4 Å². The molecule has 15 heavy (non-hydrogen) atoms. The van der Waals surface area contributed by atoms with Gasteiger partial charge in [-0.2, -0.15) is 0 Å². The summed E-state index contributed by atoms with van der Waals surface area (Å²) in [4.78, 5) is 0.